The van der Waals surface area contributed by atoms with Gasteiger partial charge in [-0.25, -0.2) is 9.97 Å². The SMILES string of the molecule is c1ccc(CSc2nc3cccccc-3n2)cc1. The minimum atomic E-state index is 0.847. The molecule has 0 spiro atoms. The van der Waals surface area contributed by atoms with Crippen LogP contribution in [0.3, 0.4) is 0 Å². The maximum absolute atomic E-state index is 4.52. The molecule has 0 fully saturated rings. The average Bonchev–Trinajstić information content (AvgIpc) is 2.68. The van der Waals surface area contributed by atoms with E-state index in [1.165, 1.54) is 5.56 Å². The molecule has 1 aromatic rings. The van der Waals surface area contributed by atoms with Crippen LogP contribution in [0.4, 0.5) is 0 Å². The van der Waals surface area contributed by atoms with E-state index in [0.717, 1.165) is 22.3 Å². The fourth-order valence-electron chi connectivity index (χ4n) is 1.74. The van der Waals surface area contributed by atoms with E-state index in [1.807, 2.05) is 36.4 Å². The molecular weight excluding hydrogens is 240 g/mol. The molecule has 1 aliphatic carbocycles. The topological polar surface area (TPSA) is 25.8 Å². The van der Waals surface area contributed by atoms with Crippen LogP contribution in [0.25, 0.3) is 11.4 Å². The molecule has 88 valence electrons. The molecule has 0 N–H and O–H groups in total. The van der Waals surface area contributed by atoms with Gasteiger partial charge in [0.05, 0.1) is 11.4 Å². The van der Waals surface area contributed by atoms with Crippen LogP contribution in [0.2, 0.25) is 0 Å². The van der Waals surface area contributed by atoms with Gasteiger partial charge in [-0.2, -0.15) is 0 Å². The molecule has 0 amide bonds. The van der Waals surface area contributed by atoms with Gasteiger partial charge in [-0.1, -0.05) is 60.3 Å². The Kier molecular flexibility index (Phi) is 3.24. The van der Waals surface area contributed by atoms with E-state index in [1.54, 1.807) is 11.8 Å². The Hall–Kier alpha value is -1.87. The fraction of sp³-hybridized carbons (Fsp3) is 0.0667. The lowest BCUT2D eigenvalue weighted by atomic mass is 10.2. The monoisotopic (exact) mass is 252 g/mol. The third kappa shape index (κ3) is 2.51. The molecule has 0 saturated heterocycles. The van der Waals surface area contributed by atoms with Crippen molar-refractivity contribution in [3.8, 4) is 11.4 Å². The van der Waals surface area contributed by atoms with Crippen LogP contribution in [0.1, 0.15) is 5.56 Å². The second-order valence-corrected chi connectivity index (χ2v) is 4.90. The van der Waals surface area contributed by atoms with Crippen molar-refractivity contribution in [2.45, 2.75) is 10.9 Å². The summed E-state index contributed by atoms with van der Waals surface area (Å²) in [5.41, 5.74) is 3.20. The zero-order valence-electron chi connectivity index (χ0n) is 9.78. The number of rotatable bonds is 3. The minimum absolute atomic E-state index is 0.847. The van der Waals surface area contributed by atoms with Crippen molar-refractivity contribution < 1.29 is 0 Å². The molecule has 0 atom stereocenters. The zero-order chi connectivity index (χ0) is 12.2. The van der Waals surface area contributed by atoms with E-state index in [2.05, 4.69) is 34.2 Å². The standard InChI is InChI=1S/C15H12N2S/c1-3-7-12(8-4-1)11-18-15-16-13-9-5-2-6-10-14(13)17-15/h1-10H,11H2. The molecule has 0 saturated carbocycles. The first-order valence-corrected chi connectivity index (χ1v) is 6.80. The highest BCUT2D eigenvalue weighted by Gasteiger charge is 2.08. The molecule has 0 aromatic heterocycles. The second kappa shape index (κ2) is 5.19. The number of thioether (sulfide) groups is 1. The summed E-state index contributed by atoms with van der Waals surface area (Å²) in [6, 6.07) is 20.3. The third-order valence-corrected chi connectivity index (χ3v) is 3.55. The van der Waals surface area contributed by atoms with E-state index in [-0.39, 0.29) is 0 Å². The van der Waals surface area contributed by atoms with E-state index >= 15 is 0 Å². The van der Waals surface area contributed by atoms with Crippen LogP contribution in [-0.2, 0) is 5.75 Å². The molecule has 2 nitrogen and oxygen atoms in total. The molecule has 0 bridgehead atoms. The van der Waals surface area contributed by atoms with Gasteiger partial charge in [0.2, 0.25) is 0 Å². The normalized spacial score (nSPS) is 10.7. The number of nitrogens with zero attached hydrogens (tertiary/aromatic N) is 2. The van der Waals surface area contributed by atoms with Gasteiger partial charge < -0.3 is 0 Å². The highest BCUT2D eigenvalue weighted by Crippen LogP contribution is 2.25. The van der Waals surface area contributed by atoms with Crippen LogP contribution in [0.15, 0.2) is 65.8 Å². The van der Waals surface area contributed by atoms with Crippen molar-refractivity contribution in [2.75, 3.05) is 0 Å². The van der Waals surface area contributed by atoms with Crippen molar-refractivity contribution in [3.63, 3.8) is 0 Å². The highest BCUT2D eigenvalue weighted by atomic mass is 32.2. The first-order valence-electron chi connectivity index (χ1n) is 5.81. The molecule has 1 aliphatic heterocycles. The van der Waals surface area contributed by atoms with Crippen LogP contribution in [-0.4, -0.2) is 9.97 Å². The Morgan fingerprint density at radius 3 is 1.89 bits per heavy atom. The number of aromatic nitrogens is 2. The molecule has 1 aromatic carbocycles. The number of hydrogen-bond donors (Lipinski definition) is 0. The van der Waals surface area contributed by atoms with Crippen LogP contribution in [0.5, 0.6) is 0 Å². The van der Waals surface area contributed by atoms with Crippen molar-refractivity contribution in [1.82, 2.24) is 9.97 Å². The fourth-order valence-corrected chi connectivity index (χ4v) is 2.55. The van der Waals surface area contributed by atoms with Gasteiger partial charge in [0.15, 0.2) is 5.16 Å². The second-order valence-electron chi connectivity index (χ2n) is 3.96. The summed E-state index contributed by atoms with van der Waals surface area (Å²) in [6.45, 7) is 0. The Labute approximate surface area is 110 Å². The van der Waals surface area contributed by atoms with Crippen LogP contribution < -0.4 is 0 Å². The van der Waals surface area contributed by atoms with E-state index in [4.69, 9.17) is 0 Å². The molecule has 3 heteroatoms. The maximum Gasteiger partial charge on any atom is 0.189 e. The van der Waals surface area contributed by atoms with Gasteiger partial charge in [-0.05, 0) is 17.7 Å². The number of hydrogen-bond acceptors (Lipinski definition) is 3. The lowest BCUT2D eigenvalue weighted by Gasteiger charge is -1.96. The maximum atomic E-state index is 4.52. The van der Waals surface area contributed by atoms with Gasteiger partial charge in [-0.15, -0.1) is 0 Å². The number of imidazole rings is 1. The number of benzene rings is 1. The van der Waals surface area contributed by atoms with E-state index < -0.39 is 0 Å². The Morgan fingerprint density at radius 1 is 0.722 bits per heavy atom. The van der Waals surface area contributed by atoms with Crippen LogP contribution >= 0.6 is 11.8 Å². The lowest BCUT2D eigenvalue weighted by molar-refractivity contribution is 1.07. The zero-order valence-corrected chi connectivity index (χ0v) is 10.6. The minimum Gasteiger partial charge on any atom is -0.221 e. The summed E-state index contributed by atoms with van der Waals surface area (Å²) in [5, 5.41) is 0.847. The highest BCUT2D eigenvalue weighted by molar-refractivity contribution is 7.98. The summed E-state index contributed by atoms with van der Waals surface area (Å²) in [4.78, 5) is 9.04. The largest absolute Gasteiger partial charge is 0.221 e. The summed E-state index contributed by atoms with van der Waals surface area (Å²) >= 11 is 1.67. The number of fused-ring (bicyclic) bond motifs is 1. The molecule has 1 heterocycles. The van der Waals surface area contributed by atoms with Gasteiger partial charge in [0.1, 0.15) is 0 Å². The summed E-state index contributed by atoms with van der Waals surface area (Å²) in [5.74, 6) is 0.906. The van der Waals surface area contributed by atoms with Crippen molar-refractivity contribution in [2.24, 2.45) is 0 Å². The molecule has 2 aliphatic rings. The molecular formula is C15H12N2S. The predicted molar refractivity (Wildman–Crippen MR) is 74.7 cm³/mol. The third-order valence-electron chi connectivity index (χ3n) is 2.64. The average molecular weight is 252 g/mol. The van der Waals surface area contributed by atoms with Gasteiger partial charge in [-0.3, -0.25) is 0 Å². The molecule has 18 heavy (non-hydrogen) atoms. The first kappa shape index (κ1) is 11.2. The predicted octanol–water partition coefficient (Wildman–Crippen LogP) is 3.87. The smallest absolute Gasteiger partial charge is 0.189 e. The van der Waals surface area contributed by atoms with Gasteiger partial charge in [0, 0.05) is 5.75 Å². The summed E-state index contributed by atoms with van der Waals surface area (Å²) in [6.07, 6.45) is 0. The Morgan fingerprint density at radius 2 is 1.28 bits per heavy atom. The van der Waals surface area contributed by atoms with E-state index in [9.17, 15) is 0 Å². The van der Waals surface area contributed by atoms with E-state index in [0.29, 0.717) is 0 Å². The van der Waals surface area contributed by atoms with Gasteiger partial charge in [0.25, 0.3) is 0 Å². The summed E-state index contributed by atoms with van der Waals surface area (Å²) in [7, 11) is 0. The van der Waals surface area contributed by atoms with Gasteiger partial charge >= 0.3 is 0 Å². The molecule has 3 rings (SSSR count). The van der Waals surface area contributed by atoms with Crippen molar-refractivity contribution >= 4 is 11.8 Å². The Balaban J connectivity index is 1.78. The lowest BCUT2D eigenvalue weighted by Crippen LogP contribution is -1.80. The molecule has 0 radical (unpaired) electrons. The Bertz CT molecular complexity index is 579. The van der Waals surface area contributed by atoms with Crippen molar-refractivity contribution in [1.29, 1.82) is 0 Å². The van der Waals surface area contributed by atoms with Crippen LogP contribution in [0, 0.1) is 0 Å². The summed E-state index contributed by atoms with van der Waals surface area (Å²) < 4.78 is 0. The van der Waals surface area contributed by atoms with Crippen molar-refractivity contribution in [3.05, 3.63) is 66.2 Å². The molecule has 0 unspecified atom stereocenters. The quantitative estimate of drug-likeness (QED) is 0.662. The first-order chi connectivity index (χ1) is 8.92.